The summed E-state index contributed by atoms with van der Waals surface area (Å²) in [5.41, 5.74) is -0.711. The first-order valence-corrected chi connectivity index (χ1v) is 3.18. The molecule has 0 radical (unpaired) electrons. The molecule has 1 aliphatic heterocycles. The number of carbonyl (C=O) groups is 2. The normalized spacial score (nSPS) is 42.4. The van der Waals surface area contributed by atoms with Gasteiger partial charge in [0.2, 0.25) is 5.91 Å². The number of aliphatic carboxylic acids is 1. The molecule has 0 aromatic heterocycles. The summed E-state index contributed by atoms with van der Waals surface area (Å²) in [4.78, 5) is 21.3. The van der Waals surface area contributed by atoms with Crippen molar-refractivity contribution in [2.45, 2.75) is 6.42 Å². The van der Waals surface area contributed by atoms with Gasteiger partial charge in [0, 0.05) is 6.54 Å². The summed E-state index contributed by atoms with van der Waals surface area (Å²) in [5.74, 6) is -1.16. The van der Waals surface area contributed by atoms with Gasteiger partial charge in [-0.15, -0.1) is 0 Å². The third kappa shape index (κ3) is 0.427. The minimum Gasteiger partial charge on any atom is -0.481 e. The van der Waals surface area contributed by atoms with E-state index in [1.807, 2.05) is 0 Å². The molecule has 1 saturated carbocycles. The zero-order chi connectivity index (χ0) is 7.35. The Morgan fingerprint density at radius 2 is 2.50 bits per heavy atom. The topological polar surface area (TPSA) is 66.4 Å². The van der Waals surface area contributed by atoms with E-state index in [1.165, 1.54) is 0 Å². The summed E-state index contributed by atoms with van der Waals surface area (Å²) in [6.07, 6.45) is 0.536. The predicted octanol–water partition coefficient (Wildman–Crippen LogP) is -0.793. The van der Waals surface area contributed by atoms with Crippen molar-refractivity contribution in [3.05, 3.63) is 0 Å². The van der Waals surface area contributed by atoms with Crippen LogP contribution in [0.5, 0.6) is 0 Å². The Morgan fingerprint density at radius 1 is 1.80 bits per heavy atom. The number of rotatable bonds is 1. The van der Waals surface area contributed by atoms with Gasteiger partial charge in [-0.1, -0.05) is 0 Å². The molecule has 2 rings (SSSR count). The predicted molar refractivity (Wildman–Crippen MR) is 31.2 cm³/mol. The summed E-state index contributed by atoms with van der Waals surface area (Å²) in [6, 6.07) is 0. The zero-order valence-corrected chi connectivity index (χ0v) is 5.26. The maximum Gasteiger partial charge on any atom is 0.312 e. The van der Waals surface area contributed by atoms with E-state index >= 15 is 0 Å². The van der Waals surface area contributed by atoms with Crippen LogP contribution >= 0.6 is 0 Å². The average Bonchev–Trinajstić information content (AvgIpc) is 2.52. The minimum absolute atomic E-state index is 0.0950. The quantitative estimate of drug-likeness (QED) is 0.502. The van der Waals surface area contributed by atoms with E-state index in [4.69, 9.17) is 5.11 Å². The van der Waals surface area contributed by atoms with E-state index < -0.39 is 11.4 Å². The van der Waals surface area contributed by atoms with E-state index in [0.717, 1.165) is 0 Å². The lowest BCUT2D eigenvalue weighted by Gasteiger charge is -2.01. The molecule has 1 amide bonds. The monoisotopic (exact) mass is 141 g/mol. The van der Waals surface area contributed by atoms with Crippen LogP contribution in [0.4, 0.5) is 0 Å². The van der Waals surface area contributed by atoms with Crippen LogP contribution in [0.3, 0.4) is 0 Å². The van der Waals surface area contributed by atoms with Crippen molar-refractivity contribution in [3.63, 3.8) is 0 Å². The highest BCUT2D eigenvalue weighted by atomic mass is 16.4. The van der Waals surface area contributed by atoms with Gasteiger partial charge in [0.15, 0.2) is 0 Å². The third-order valence-electron chi connectivity index (χ3n) is 2.40. The van der Waals surface area contributed by atoms with Crippen molar-refractivity contribution in [2.75, 3.05) is 6.54 Å². The highest BCUT2D eigenvalue weighted by Gasteiger charge is 2.67. The molecule has 0 aromatic carbocycles. The Hall–Kier alpha value is -1.06. The van der Waals surface area contributed by atoms with E-state index in [0.29, 0.717) is 13.0 Å². The van der Waals surface area contributed by atoms with Crippen LogP contribution in [0.2, 0.25) is 0 Å². The molecule has 1 saturated heterocycles. The van der Waals surface area contributed by atoms with E-state index in [1.54, 1.807) is 0 Å². The smallest absolute Gasteiger partial charge is 0.312 e. The Balaban J connectivity index is 2.25. The summed E-state index contributed by atoms with van der Waals surface area (Å²) >= 11 is 0. The van der Waals surface area contributed by atoms with Crippen LogP contribution in [0.25, 0.3) is 0 Å². The minimum atomic E-state index is -0.837. The molecule has 2 atom stereocenters. The van der Waals surface area contributed by atoms with Crippen LogP contribution in [-0.2, 0) is 9.59 Å². The molecular weight excluding hydrogens is 134 g/mol. The lowest BCUT2D eigenvalue weighted by Crippen LogP contribution is -2.24. The van der Waals surface area contributed by atoms with Crippen LogP contribution in [0, 0.1) is 11.3 Å². The largest absolute Gasteiger partial charge is 0.481 e. The lowest BCUT2D eigenvalue weighted by atomic mass is 10.1. The fraction of sp³-hybridized carbons (Fsp3) is 0.667. The van der Waals surface area contributed by atoms with Gasteiger partial charge in [-0.25, -0.2) is 0 Å². The van der Waals surface area contributed by atoms with E-state index in [-0.39, 0.29) is 11.8 Å². The molecule has 4 heteroatoms. The van der Waals surface area contributed by atoms with Gasteiger partial charge in [-0.2, -0.15) is 0 Å². The molecule has 10 heavy (non-hydrogen) atoms. The fourth-order valence-electron chi connectivity index (χ4n) is 1.52. The Morgan fingerprint density at radius 3 is 2.70 bits per heavy atom. The molecule has 1 aliphatic carbocycles. The second-order valence-electron chi connectivity index (χ2n) is 2.94. The first kappa shape index (κ1) is 5.70. The summed E-state index contributed by atoms with van der Waals surface area (Å²) in [5, 5.41) is 11.2. The molecule has 2 aliphatic rings. The van der Waals surface area contributed by atoms with Crippen molar-refractivity contribution >= 4 is 11.9 Å². The lowest BCUT2D eigenvalue weighted by molar-refractivity contribution is -0.143. The van der Waals surface area contributed by atoms with Crippen LogP contribution < -0.4 is 5.32 Å². The van der Waals surface area contributed by atoms with Crippen molar-refractivity contribution in [1.82, 2.24) is 5.32 Å². The maximum atomic E-state index is 10.8. The highest BCUT2D eigenvalue weighted by molar-refractivity contribution is 5.96. The molecule has 0 bridgehead atoms. The number of carbonyl (C=O) groups excluding carboxylic acids is 1. The molecule has 2 N–H and O–H groups in total. The van der Waals surface area contributed by atoms with Crippen molar-refractivity contribution < 1.29 is 14.7 Å². The number of amides is 1. The first-order chi connectivity index (χ1) is 4.67. The molecule has 54 valence electrons. The first-order valence-electron chi connectivity index (χ1n) is 3.18. The zero-order valence-electron chi connectivity index (χ0n) is 5.26. The molecule has 2 unspecified atom stereocenters. The number of piperidine rings is 1. The molecular formula is C6H7NO3. The van der Waals surface area contributed by atoms with Gasteiger partial charge in [-0.05, 0) is 6.42 Å². The number of hydrogen-bond donors (Lipinski definition) is 2. The Labute approximate surface area is 57.2 Å². The van der Waals surface area contributed by atoms with Gasteiger partial charge in [-0.3, -0.25) is 9.59 Å². The van der Waals surface area contributed by atoms with Gasteiger partial charge >= 0.3 is 5.97 Å². The average molecular weight is 141 g/mol. The van der Waals surface area contributed by atoms with Crippen molar-refractivity contribution in [1.29, 1.82) is 0 Å². The third-order valence-corrected chi connectivity index (χ3v) is 2.40. The number of hydrogen-bond acceptors (Lipinski definition) is 2. The van der Waals surface area contributed by atoms with E-state index in [9.17, 15) is 9.59 Å². The second kappa shape index (κ2) is 1.33. The number of fused-ring (bicyclic) bond motifs is 1. The van der Waals surface area contributed by atoms with Crippen LogP contribution in [-0.4, -0.2) is 23.5 Å². The molecule has 2 fully saturated rings. The Bertz CT molecular complexity index is 225. The van der Waals surface area contributed by atoms with Gasteiger partial charge in [0.25, 0.3) is 0 Å². The second-order valence-corrected chi connectivity index (χ2v) is 2.94. The van der Waals surface area contributed by atoms with Gasteiger partial charge in [0.05, 0.1) is 11.3 Å². The van der Waals surface area contributed by atoms with Crippen molar-refractivity contribution in [2.24, 2.45) is 11.3 Å². The van der Waals surface area contributed by atoms with Gasteiger partial charge in [0.1, 0.15) is 0 Å². The summed E-state index contributed by atoms with van der Waals surface area (Å²) in [7, 11) is 0. The summed E-state index contributed by atoms with van der Waals surface area (Å²) in [6.45, 7) is 0.325. The number of nitrogens with one attached hydrogen (secondary N) is 1. The van der Waals surface area contributed by atoms with Crippen LogP contribution in [0.15, 0.2) is 0 Å². The fourth-order valence-corrected chi connectivity index (χ4v) is 1.52. The molecule has 4 nitrogen and oxygen atoms in total. The number of carboxylic acids is 1. The van der Waals surface area contributed by atoms with Crippen molar-refractivity contribution in [3.8, 4) is 0 Å². The van der Waals surface area contributed by atoms with Crippen LogP contribution in [0.1, 0.15) is 6.42 Å². The molecule has 0 spiro atoms. The summed E-state index contributed by atoms with van der Waals surface area (Å²) < 4.78 is 0. The standard InChI is InChI=1S/C6H7NO3/c8-4-3-1-6(3,2-7-4)5(9)10/h3H,1-2H2,(H,7,8)(H,9,10). The van der Waals surface area contributed by atoms with Gasteiger partial charge < -0.3 is 10.4 Å². The SMILES string of the molecule is O=C1NCC2(C(=O)O)CC12. The number of carboxylic acid groups (broad SMARTS) is 1. The Kier molecular flexibility index (Phi) is 0.760. The maximum absolute atomic E-state index is 10.8. The van der Waals surface area contributed by atoms with E-state index in [2.05, 4.69) is 5.32 Å². The molecule has 0 aromatic rings. The molecule has 1 heterocycles. The highest BCUT2D eigenvalue weighted by Crippen LogP contribution is 2.55.